The molecule has 0 aliphatic heterocycles. The molecule has 0 spiro atoms. The standard InChI is InChI=1S/C25H31F3N2O/c1-24(2,3)19-15-13-18(14-16-19)22(17-9-5-4-6-10-17)30-23(31)29-21-12-8-7-11-20(21)25(26,27)28/h4-12,18-19,22H,13-16H2,1-3H3,(H2,29,30,31). The van der Waals surface area contributed by atoms with Crippen LogP contribution in [0.2, 0.25) is 0 Å². The number of nitrogens with one attached hydrogen (secondary N) is 2. The summed E-state index contributed by atoms with van der Waals surface area (Å²) in [5.41, 5.74) is 0.128. The molecule has 168 valence electrons. The van der Waals surface area contributed by atoms with Gasteiger partial charge in [-0.15, -0.1) is 0 Å². The maximum atomic E-state index is 13.3. The van der Waals surface area contributed by atoms with Gasteiger partial charge in [0.15, 0.2) is 0 Å². The van der Waals surface area contributed by atoms with Gasteiger partial charge in [-0.2, -0.15) is 13.2 Å². The van der Waals surface area contributed by atoms with Gasteiger partial charge in [-0.1, -0.05) is 63.2 Å². The molecule has 6 heteroatoms. The molecule has 1 aliphatic carbocycles. The number of para-hydroxylation sites is 1. The van der Waals surface area contributed by atoms with Crippen LogP contribution in [-0.2, 0) is 6.18 Å². The Morgan fingerprint density at radius 2 is 1.48 bits per heavy atom. The summed E-state index contributed by atoms with van der Waals surface area (Å²) in [5.74, 6) is 0.872. The van der Waals surface area contributed by atoms with E-state index in [0.29, 0.717) is 5.92 Å². The van der Waals surface area contributed by atoms with E-state index in [-0.39, 0.29) is 23.1 Å². The van der Waals surface area contributed by atoms with Crippen LogP contribution in [0.5, 0.6) is 0 Å². The van der Waals surface area contributed by atoms with Crippen molar-refractivity contribution in [2.24, 2.45) is 17.3 Å². The van der Waals surface area contributed by atoms with E-state index in [1.54, 1.807) is 0 Å². The van der Waals surface area contributed by atoms with Crippen LogP contribution >= 0.6 is 0 Å². The van der Waals surface area contributed by atoms with Crippen LogP contribution in [-0.4, -0.2) is 6.03 Å². The van der Waals surface area contributed by atoms with Crippen LogP contribution in [0.4, 0.5) is 23.7 Å². The second-order valence-corrected chi connectivity index (χ2v) is 9.51. The zero-order chi connectivity index (χ0) is 22.6. The molecular weight excluding hydrogens is 401 g/mol. The molecular formula is C25H31F3N2O. The Hall–Kier alpha value is -2.50. The van der Waals surface area contributed by atoms with Crippen molar-refractivity contribution >= 4 is 11.7 Å². The molecule has 0 heterocycles. The Morgan fingerprint density at radius 1 is 0.903 bits per heavy atom. The number of urea groups is 1. The fourth-order valence-electron chi connectivity index (χ4n) is 4.59. The van der Waals surface area contributed by atoms with E-state index in [2.05, 4.69) is 31.4 Å². The minimum absolute atomic E-state index is 0.240. The molecule has 2 aromatic rings. The maximum Gasteiger partial charge on any atom is 0.418 e. The number of hydrogen-bond donors (Lipinski definition) is 2. The van der Waals surface area contributed by atoms with Crippen LogP contribution in [0.25, 0.3) is 0 Å². The lowest BCUT2D eigenvalue weighted by atomic mass is 9.68. The highest BCUT2D eigenvalue weighted by molar-refractivity contribution is 5.90. The Kier molecular flexibility index (Phi) is 6.97. The van der Waals surface area contributed by atoms with E-state index in [0.717, 1.165) is 37.3 Å². The van der Waals surface area contributed by atoms with Crippen LogP contribution in [0.15, 0.2) is 54.6 Å². The van der Waals surface area contributed by atoms with E-state index < -0.39 is 17.8 Å². The molecule has 1 aliphatic rings. The Morgan fingerprint density at radius 3 is 2.06 bits per heavy atom. The molecule has 2 N–H and O–H groups in total. The van der Waals surface area contributed by atoms with Crippen molar-refractivity contribution in [3.63, 3.8) is 0 Å². The molecule has 3 nitrogen and oxygen atoms in total. The van der Waals surface area contributed by atoms with Gasteiger partial charge in [-0.05, 0) is 60.6 Å². The lowest BCUT2D eigenvalue weighted by molar-refractivity contribution is -0.136. The summed E-state index contributed by atoms with van der Waals surface area (Å²) in [6, 6.07) is 13.8. The second kappa shape index (κ2) is 9.33. The minimum atomic E-state index is -4.53. The zero-order valence-corrected chi connectivity index (χ0v) is 18.3. The van der Waals surface area contributed by atoms with Crippen molar-refractivity contribution in [3.05, 3.63) is 65.7 Å². The topological polar surface area (TPSA) is 41.1 Å². The van der Waals surface area contributed by atoms with Crippen molar-refractivity contribution in [3.8, 4) is 0 Å². The number of alkyl halides is 3. The predicted molar refractivity (Wildman–Crippen MR) is 118 cm³/mol. The summed E-state index contributed by atoms with van der Waals surface area (Å²) < 4.78 is 39.8. The van der Waals surface area contributed by atoms with Crippen molar-refractivity contribution in [1.29, 1.82) is 0 Å². The third-order valence-electron chi connectivity index (χ3n) is 6.39. The first-order chi connectivity index (χ1) is 14.6. The highest BCUT2D eigenvalue weighted by atomic mass is 19.4. The van der Waals surface area contributed by atoms with Gasteiger partial charge in [0.1, 0.15) is 0 Å². The molecule has 2 amide bonds. The SMILES string of the molecule is CC(C)(C)C1CCC(C(NC(=O)Nc2ccccc2C(F)(F)F)c2ccccc2)CC1. The third kappa shape index (κ3) is 6.02. The molecule has 3 rings (SSSR count). The highest BCUT2D eigenvalue weighted by Gasteiger charge is 2.35. The molecule has 0 bridgehead atoms. The minimum Gasteiger partial charge on any atom is -0.331 e. The van der Waals surface area contributed by atoms with E-state index in [1.165, 1.54) is 18.2 Å². The number of amides is 2. The molecule has 0 aromatic heterocycles. The summed E-state index contributed by atoms with van der Waals surface area (Å²) in [6.45, 7) is 6.78. The fourth-order valence-corrected chi connectivity index (χ4v) is 4.59. The number of hydrogen-bond acceptors (Lipinski definition) is 1. The van der Waals surface area contributed by atoms with Crippen molar-refractivity contribution in [2.45, 2.75) is 58.7 Å². The number of benzene rings is 2. The fraction of sp³-hybridized carbons (Fsp3) is 0.480. The first-order valence-electron chi connectivity index (χ1n) is 10.8. The predicted octanol–water partition coefficient (Wildman–Crippen LogP) is 7.42. The van der Waals surface area contributed by atoms with Gasteiger partial charge >= 0.3 is 12.2 Å². The van der Waals surface area contributed by atoms with E-state index in [9.17, 15) is 18.0 Å². The molecule has 1 saturated carbocycles. The maximum absolute atomic E-state index is 13.3. The van der Waals surface area contributed by atoms with Gasteiger partial charge < -0.3 is 10.6 Å². The first kappa shape index (κ1) is 23.2. The third-order valence-corrected chi connectivity index (χ3v) is 6.39. The Balaban J connectivity index is 1.76. The summed E-state index contributed by atoms with van der Waals surface area (Å²) in [7, 11) is 0. The Bertz CT molecular complexity index is 866. The lowest BCUT2D eigenvalue weighted by Gasteiger charge is -2.39. The highest BCUT2D eigenvalue weighted by Crippen LogP contribution is 2.43. The largest absolute Gasteiger partial charge is 0.418 e. The molecule has 1 fully saturated rings. The van der Waals surface area contributed by atoms with Gasteiger partial charge in [0.05, 0.1) is 17.3 Å². The van der Waals surface area contributed by atoms with Crippen LogP contribution in [0.3, 0.4) is 0 Å². The van der Waals surface area contributed by atoms with E-state index >= 15 is 0 Å². The van der Waals surface area contributed by atoms with Gasteiger partial charge in [-0.3, -0.25) is 0 Å². The summed E-state index contributed by atoms with van der Waals surface area (Å²) in [4.78, 5) is 12.8. The van der Waals surface area contributed by atoms with Crippen LogP contribution in [0, 0.1) is 17.3 Å². The molecule has 2 aromatic carbocycles. The normalized spacial score (nSPS) is 20.7. The summed E-state index contributed by atoms with van der Waals surface area (Å²) >= 11 is 0. The Labute approximate surface area is 182 Å². The zero-order valence-electron chi connectivity index (χ0n) is 18.3. The van der Waals surface area contributed by atoms with Crippen molar-refractivity contribution in [1.82, 2.24) is 5.32 Å². The van der Waals surface area contributed by atoms with Gasteiger partial charge in [0, 0.05) is 0 Å². The van der Waals surface area contributed by atoms with E-state index in [1.807, 2.05) is 30.3 Å². The summed E-state index contributed by atoms with van der Waals surface area (Å²) in [6.07, 6.45) is -0.425. The van der Waals surface area contributed by atoms with E-state index in [4.69, 9.17) is 0 Å². The molecule has 1 atom stereocenters. The summed E-state index contributed by atoms with van der Waals surface area (Å²) in [5, 5.41) is 5.39. The smallest absolute Gasteiger partial charge is 0.331 e. The number of halogens is 3. The molecule has 0 radical (unpaired) electrons. The molecule has 0 saturated heterocycles. The monoisotopic (exact) mass is 432 g/mol. The van der Waals surface area contributed by atoms with Gasteiger partial charge in [-0.25, -0.2) is 4.79 Å². The number of carbonyl (C=O) groups excluding carboxylic acids is 1. The number of carbonyl (C=O) groups is 1. The van der Waals surface area contributed by atoms with Crippen LogP contribution in [0.1, 0.15) is 63.6 Å². The molecule has 31 heavy (non-hydrogen) atoms. The first-order valence-corrected chi connectivity index (χ1v) is 10.8. The quantitative estimate of drug-likeness (QED) is 0.518. The van der Waals surface area contributed by atoms with Crippen molar-refractivity contribution in [2.75, 3.05) is 5.32 Å². The second-order valence-electron chi connectivity index (χ2n) is 9.51. The van der Waals surface area contributed by atoms with Crippen LogP contribution < -0.4 is 10.6 Å². The number of anilines is 1. The van der Waals surface area contributed by atoms with Crippen molar-refractivity contribution < 1.29 is 18.0 Å². The average Bonchev–Trinajstić information content (AvgIpc) is 2.72. The van der Waals surface area contributed by atoms with Gasteiger partial charge in [0.2, 0.25) is 0 Å². The lowest BCUT2D eigenvalue weighted by Crippen LogP contribution is -2.39. The van der Waals surface area contributed by atoms with Gasteiger partial charge in [0.25, 0.3) is 0 Å². The average molecular weight is 433 g/mol. The molecule has 1 unspecified atom stereocenters. The number of rotatable bonds is 4.